The third-order valence-electron chi connectivity index (χ3n) is 6.38. The lowest BCUT2D eigenvalue weighted by Crippen LogP contribution is -2.56. The van der Waals surface area contributed by atoms with Crippen LogP contribution in [0.4, 0.5) is 0 Å². The number of esters is 2. The zero-order valence-corrected chi connectivity index (χ0v) is 22.0. The molecule has 2 aromatic rings. The van der Waals surface area contributed by atoms with Gasteiger partial charge in [-0.15, -0.1) is 0 Å². The minimum absolute atomic E-state index is 0.155. The minimum atomic E-state index is -1.13. The maximum atomic E-state index is 13.5. The molecule has 2 amide bonds. The van der Waals surface area contributed by atoms with Crippen LogP contribution in [0.3, 0.4) is 0 Å². The van der Waals surface area contributed by atoms with E-state index < -0.39 is 41.3 Å². The van der Waals surface area contributed by atoms with Gasteiger partial charge in [-0.1, -0.05) is 67.4 Å². The number of hydrogen-bond donors (Lipinski definition) is 1. The maximum Gasteiger partial charge on any atom is 0.331 e. The highest BCUT2D eigenvalue weighted by atomic mass is 16.6. The smallest absolute Gasteiger partial charge is 0.331 e. The van der Waals surface area contributed by atoms with Gasteiger partial charge in [-0.2, -0.15) is 0 Å². The van der Waals surface area contributed by atoms with Crippen LogP contribution in [0.15, 0.2) is 54.6 Å². The molecule has 1 aliphatic carbocycles. The summed E-state index contributed by atoms with van der Waals surface area (Å²) in [6, 6.07) is 17.7. The summed E-state index contributed by atoms with van der Waals surface area (Å²) >= 11 is 0. The molecule has 0 radical (unpaired) electrons. The Bertz CT molecular complexity index is 1100. The van der Waals surface area contributed by atoms with Crippen LogP contribution in [-0.2, 0) is 35.2 Å². The molecule has 1 aliphatic rings. The molecule has 8 heteroatoms. The third kappa shape index (κ3) is 7.41. The summed E-state index contributed by atoms with van der Waals surface area (Å²) in [7, 11) is 1.31. The zero-order chi connectivity index (χ0) is 27.1. The monoisotopic (exact) mass is 508 g/mol. The number of carbonyl (C=O) groups excluding carboxylic acids is 4. The Labute approximate surface area is 218 Å². The number of methoxy groups -OCH3 is 1. The van der Waals surface area contributed by atoms with E-state index in [1.165, 1.54) is 12.0 Å². The molecule has 0 aromatic heterocycles. The van der Waals surface area contributed by atoms with Crippen LogP contribution < -0.4 is 5.32 Å². The van der Waals surface area contributed by atoms with E-state index >= 15 is 0 Å². The van der Waals surface area contributed by atoms with Gasteiger partial charge in [0.1, 0.15) is 24.1 Å². The standard InChI is InChI=1S/C29H36N2O6/c1-28(2,3)37-26(34)19-30-24(32)18-25(33)31(29(27(35)36-4)16-8-9-17-29)20-21-12-14-23(15-13-21)22-10-6-5-7-11-22/h5-7,10-15H,8-9,16-20H2,1-4H3,(H,30,32). The first-order valence-electron chi connectivity index (χ1n) is 12.6. The second-order valence-corrected chi connectivity index (χ2v) is 10.3. The van der Waals surface area contributed by atoms with Crippen molar-refractivity contribution in [2.45, 2.75) is 70.6 Å². The van der Waals surface area contributed by atoms with Crippen molar-refractivity contribution in [3.8, 4) is 11.1 Å². The van der Waals surface area contributed by atoms with E-state index in [9.17, 15) is 19.2 Å². The van der Waals surface area contributed by atoms with Crippen LogP contribution >= 0.6 is 0 Å². The normalized spacial score (nSPS) is 14.5. The molecule has 1 fully saturated rings. The quantitative estimate of drug-likeness (QED) is 0.406. The topological polar surface area (TPSA) is 102 Å². The number of amides is 2. The van der Waals surface area contributed by atoms with E-state index in [0.717, 1.165) is 29.5 Å². The predicted octanol–water partition coefficient (Wildman–Crippen LogP) is 4.02. The number of benzene rings is 2. The highest BCUT2D eigenvalue weighted by Gasteiger charge is 2.49. The summed E-state index contributed by atoms with van der Waals surface area (Å²) < 4.78 is 10.3. The average molecular weight is 509 g/mol. The summed E-state index contributed by atoms with van der Waals surface area (Å²) in [5, 5.41) is 2.45. The Balaban J connectivity index is 1.77. The fourth-order valence-electron chi connectivity index (χ4n) is 4.67. The first-order valence-corrected chi connectivity index (χ1v) is 12.6. The number of carbonyl (C=O) groups is 4. The summed E-state index contributed by atoms with van der Waals surface area (Å²) in [5.74, 6) is -2.18. The number of nitrogens with one attached hydrogen (secondary N) is 1. The van der Waals surface area contributed by atoms with Crippen LogP contribution in [0.1, 0.15) is 58.4 Å². The zero-order valence-electron chi connectivity index (χ0n) is 22.0. The largest absolute Gasteiger partial charge is 0.467 e. The van der Waals surface area contributed by atoms with Crippen molar-refractivity contribution >= 4 is 23.8 Å². The molecule has 0 atom stereocenters. The highest BCUT2D eigenvalue weighted by Crippen LogP contribution is 2.38. The van der Waals surface area contributed by atoms with E-state index in [1.807, 2.05) is 54.6 Å². The average Bonchev–Trinajstić information content (AvgIpc) is 3.36. The number of ether oxygens (including phenoxy) is 2. The van der Waals surface area contributed by atoms with Gasteiger partial charge >= 0.3 is 11.9 Å². The van der Waals surface area contributed by atoms with Gasteiger partial charge in [0.25, 0.3) is 0 Å². The molecule has 0 saturated heterocycles. The predicted molar refractivity (Wildman–Crippen MR) is 139 cm³/mol. The first-order chi connectivity index (χ1) is 17.5. The third-order valence-corrected chi connectivity index (χ3v) is 6.38. The van der Waals surface area contributed by atoms with Gasteiger partial charge in [0.2, 0.25) is 11.8 Å². The van der Waals surface area contributed by atoms with E-state index in [0.29, 0.717) is 12.8 Å². The fraction of sp³-hybridized carbons (Fsp3) is 0.448. The Hall–Kier alpha value is -3.68. The van der Waals surface area contributed by atoms with Gasteiger partial charge in [-0.05, 0) is 50.3 Å². The molecule has 0 aliphatic heterocycles. The van der Waals surface area contributed by atoms with Crippen LogP contribution in [0.25, 0.3) is 11.1 Å². The van der Waals surface area contributed by atoms with Crippen molar-refractivity contribution in [3.05, 3.63) is 60.2 Å². The van der Waals surface area contributed by atoms with Gasteiger partial charge in [0.05, 0.1) is 7.11 Å². The van der Waals surface area contributed by atoms with Gasteiger partial charge < -0.3 is 19.7 Å². The lowest BCUT2D eigenvalue weighted by atomic mass is 9.93. The van der Waals surface area contributed by atoms with Crippen molar-refractivity contribution in [3.63, 3.8) is 0 Å². The molecule has 198 valence electrons. The van der Waals surface area contributed by atoms with Crippen molar-refractivity contribution in [1.29, 1.82) is 0 Å². The first kappa shape index (κ1) is 27.9. The fourth-order valence-corrected chi connectivity index (χ4v) is 4.67. The number of nitrogens with zero attached hydrogens (tertiary/aromatic N) is 1. The molecule has 8 nitrogen and oxygen atoms in total. The number of rotatable bonds is 9. The minimum Gasteiger partial charge on any atom is -0.467 e. The van der Waals surface area contributed by atoms with E-state index in [-0.39, 0.29) is 13.1 Å². The summed E-state index contributed by atoms with van der Waals surface area (Å²) in [4.78, 5) is 52.4. The molecule has 0 unspecified atom stereocenters. The summed E-state index contributed by atoms with van der Waals surface area (Å²) in [6.07, 6.45) is 1.98. The SMILES string of the molecule is COC(=O)C1(N(Cc2ccc(-c3ccccc3)cc2)C(=O)CC(=O)NCC(=O)OC(C)(C)C)CCCC1. The molecule has 0 heterocycles. The molecule has 3 rings (SSSR count). The molecule has 1 N–H and O–H groups in total. The maximum absolute atomic E-state index is 13.5. The van der Waals surface area contributed by atoms with Crippen molar-refractivity contribution < 1.29 is 28.7 Å². The number of hydrogen-bond acceptors (Lipinski definition) is 6. The Morgan fingerprint density at radius 2 is 1.51 bits per heavy atom. The van der Waals surface area contributed by atoms with Crippen molar-refractivity contribution in [2.24, 2.45) is 0 Å². The molecule has 0 spiro atoms. The van der Waals surface area contributed by atoms with Crippen LogP contribution in [-0.4, -0.2) is 53.4 Å². The highest BCUT2D eigenvalue weighted by molar-refractivity contribution is 6.00. The molecule has 37 heavy (non-hydrogen) atoms. The lowest BCUT2D eigenvalue weighted by Gasteiger charge is -2.39. The van der Waals surface area contributed by atoms with Crippen molar-refractivity contribution in [2.75, 3.05) is 13.7 Å². The summed E-state index contributed by atoms with van der Waals surface area (Å²) in [5.41, 5.74) is 1.13. The van der Waals surface area contributed by atoms with E-state index in [2.05, 4.69) is 5.32 Å². The molecule has 2 aromatic carbocycles. The Kier molecular flexibility index (Phi) is 9.08. The Morgan fingerprint density at radius 1 is 0.919 bits per heavy atom. The van der Waals surface area contributed by atoms with Gasteiger partial charge in [-0.25, -0.2) is 4.79 Å². The van der Waals surface area contributed by atoms with E-state index in [1.54, 1.807) is 20.8 Å². The van der Waals surface area contributed by atoms with Crippen LogP contribution in [0.5, 0.6) is 0 Å². The van der Waals surface area contributed by atoms with Gasteiger partial charge in [0.15, 0.2) is 0 Å². The van der Waals surface area contributed by atoms with Crippen molar-refractivity contribution in [1.82, 2.24) is 10.2 Å². The van der Waals surface area contributed by atoms with Gasteiger partial charge in [0, 0.05) is 6.54 Å². The molecule has 1 saturated carbocycles. The van der Waals surface area contributed by atoms with Gasteiger partial charge in [-0.3, -0.25) is 14.4 Å². The van der Waals surface area contributed by atoms with Crippen LogP contribution in [0.2, 0.25) is 0 Å². The Morgan fingerprint density at radius 3 is 2.08 bits per heavy atom. The molecular weight excluding hydrogens is 472 g/mol. The summed E-state index contributed by atoms with van der Waals surface area (Å²) in [6.45, 7) is 5.01. The molecular formula is C29H36N2O6. The molecule has 0 bridgehead atoms. The van der Waals surface area contributed by atoms with Crippen LogP contribution in [0, 0.1) is 0 Å². The second kappa shape index (κ2) is 12.0. The lowest BCUT2D eigenvalue weighted by molar-refractivity contribution is -0.163. The van der Waals surface area contributed by atoms with E-state index in [4.69, 9.17) is 9.47 Å². The second-order valence-electron chi connectivity index (χ2n) is 10.3.